The van der Waals surface area contributed by atoms with Crippen LogP contribution in [0.2, 0.25) is 0 Å². The van der Waals surface area contributed by atoms with Gasteiger partial charge in [-0.3, -0.25) is 9.59 Å². The second-order valence-corrected chi connectivity index (χ2v) is 9.89. The number of rotatable bonds is 10. The van der Waals surface area contributed by atoms with Crippen LogP contribution in [-0.4, -0.2) is 40.6 Å². The van der Waals surface area contributed by atoms with Crippen molar-refractivity contribution < 1.29 is 23.8 Å². The highest BCUT2D eigenvalue weighted by molar-refractivity contribution is 5.81. The largest absolute Gasteiger partial charge is 0.487 e. The molecule has 0 saturated heterocycles. The maximum Gasteiger partial charge on any atom is 0.323 e. The molecule has 5 nitrogen and oxygen atoms in total. The summed E-state index contributed by atoms with van der Waals surface area (Å²) in [6, 6.07) is 20.7. The standard InChI is InChI=1S/C30H32FNO4/c1-21-6-5-7-22(16-21)14-15-32(20-29(34)35)28(33)13-11-23-10-12-27-25(17-23)19-30(2,36-27)18-24-8-3-4-9-26(24)31/h3-10,12,16-17H,11,13-15,18-20H2,1-2H3,(H,34,35). The highest BCUT2D eigenvalue weighted by Gasteiger charge is 2.35. The molecule has 0 fully saturated rings. The zero-order valence-corrected chi connectivity index (χ0v) is 20.8. The van der Waals surface area contributed by atoms with Gasteiger partial charge < -0.3 is 14.7 Å². The van der Waals surface area contributed by atoms with Gasteiger partial charge in [0, 0.05) is 25.8 Å². The molecule has 1 aliphatic rings. The summed E-state index contributed by atoms with van der Waals surface area (Å²) < 4.78 is 20.4. The summed E-state index contributed by atoms with van der Waals surface area (Å²) in [5, 5.41) is 9.31. The third-order valence-electron chi connectivity index (χ3n) is 6.63. The zero-order chi connectivity index (χ0) is 25.7. The monoisotopic (exact) mass is 489 g/mol. The van der Waals surface area contributed by atoms with Crippen molar-refractivity contribution in [3.63, 3.8) is 0 Å². The summed E-state index contributed by atoms with van der Waals surface area (Å²) in [6.07, 6.45) is 2.47. The van der Waals surface area contributed by atoms with E-state index in [-0.39, 0.29) is 24.7 Å². The fraction of sp³-hybridized carbons (Fsp3) is 0.333. The number of fused-ring (bicyclic) bond motifs is 1. The molecule has 0 bridgehead atoms. The summed E-state index contributed by atoms with van der Waals surface area (Å²) in [7, 11) is 0. The van der Waals surface area contributed by atoms with Crippen LogP contribution in [0.3, 0.4) is 0 Å². The second kappa shape index (κ2) is 10.9. The first-order valence-electron chi connectivity index (χ1n) is 12.3. The molecule has 188 valence electrons. The van der Waals surface area contributed by atoms with Gasteiger partial charge >= 0.3 is 5.97 Å². The van der Waals surface area contributed by atoms with E-state index < -0.39 is 11.6 Å². The minimum Gasteiger partial charge on any atom is -0.487 e. The van der Waals surface area contributed by atoms with Crippen LogP contribution < -0.4 is 4.74 Å². The number of carbonyl (C=O) groups excluding carboxylic acids is 1. The number of hydrogen-bond acceptors (Lipinski definition) is 3. The van der Waals surface area contributed by atoms with Crippen LogP contribution in [0, 0.1) is 12.7 Å². The molecule has 1 N–H and O–H groups in total. The van der Waals surface area contributed by atoms with E-state index in [2.05, 4.69) is 6.07 Å². The maximum atomic E-state index is 14.2. The molecule has 4 rings (SSSR count). The SMILES string of the molecule is Cc1cccc(CCN(CC(=O)O)C(=O)CCc2ccc3c(c2)CC(C)(Cc2ccccc2F)O3)c1. The Hall–Kier alpha value is -3.67. The fourth-order valence-electron chi connectivity index (χ4n) is 4.87. The number of nitrogens with zero attached hydrogens (tertiary/aromatic N) is 1. The average molecular weight is 490 g/mol. The Morgan fingerprint density at radius 1 is 1.03 bits per heavy atom. The molecular weight excluding hydrogens is 457 g/mol. The lowest BCUT2D eigenvalue weighted by atomic mass is 9.91. The number of ether oxygens (including phenoxy) is 1. The van der Waals surface area contributed by atoms with Crippen LogP contribution >= 0.6 is 0 Å². The number of hydrogen-bond donors (Lipinski definition) is 1. The second-order valence-electron chi connectivity index (χ2n) is 9.89. The van der Waals surface area contributed by atoms with Crippen LogP contribution in [0.15, 0.2) is 66.7 Å². The first-order chi connectivity index (χ1) is 17.2. The van der Waals surface area contributed by atoms with Gasteiger partial charge in [-0.05, 0) is 61.1 Å². The van der Waals surface area contributed by atoms with E-state index in [0.29, 0.717) is 37.8 Å². The number of aliphatic carboxylic acids is 1. The van der Waals surface area contributed by atoms with Crippen molar-refractivity contribution >= 4 is 11.9 Å². The molecule has 1 aliphatic heterocycles. The predicted molar refractivity (Wildman–Crippen MR) is 137 cm³/mol. The topological polar surface area (TPSA) is 66.8 Å². The summed E-state index contributed by atoms with van der Waals surface area (Å²) in [4.78, 5) is 25.7. The molecule has 1 atom stereocenters. The van der Waals surface area contributed by atoms with E-state index in [1.807, 2.05) is 56.3 Å². The summed E-state index contributed by atoms with van der Waals surface area (Å²) >= 11 is 0. The lowest BCUT2D eigenvalue weighted by Gasteiger charge is -2.24. The predicted octanol–water partition coefficient (Wildman–Crippen LogP) is 5.16. The van der Waals surface area contributed by atoms with E-state index in [0.717, 1.165) is 28.0 Å². The molecule has 1 amide bonds. The number of carbonyl (C=O) groups is 2. The van der Waals surface area contributed by atoms with Gasteiger partial charge in [-0.25, -0.2) is 4.39 Å². The molecule has 1 heterocycles. The van der Waals surface area contributed by atoms with Crippen LogP contribution in [-0.2, 0) is 35.3 Å². The Morgan fingerprint density at radius 2 is 1.81 bits per heavy atom. The lowest BCUT2D eigenvalue weighted by molar-refractivity contribution is -0.144. The summed E-state index contributed by atoms with van der Waals surface area (Å²) in [5.41, 5.74) is 4.34. The van der Waals surface area contributed by atoms with E-state index in [1.165, 1.54) is 11.0 Å². The number of halogens is 1. The lowest BCUT2D eigenvalue weighted by Crippen LogP contribution is -2.37. The van der Waals surface area contributed by atoms with Gasteiger partial charge in [0.1, 0.15) is 23.7 Å². The molecule has 36 heavy (non-hydrogen) atoms. The summed E-state index contributed by atoms with van der Waals surface area (Å²) in [5.74, 6) is -0.636. The van der Waals surface area contributed by atoms with Gasteiger partial charge in [0.2, 0.25) is 5.91 Å². The minimum atomic E-state index is -1.02. The van der Waals surface area contributed by atoms with Crippen LogP contribution in [0.5, 0.6) is 5.75 Å². The number of amides is 1. The van der Waals surface area contributed by atoms with Gasteiger partial charge in [0.25, 0.3) is 0 Å². The van der Waals surface area contributed by atoms with Gasteiger partial charge in [0.05, 0.1) is 0 Å². The van der Waals surface area contributed by atoms with E-state index in [1.54, 1.807) is 12.1 Å². The molecule has 0 aromatic heterocycles. The smallest absolute Gasteiger partial charge is 0.323 e. The van der Waals surface area contributed by atoms with Crippen LogP contribution in [0.4, 0.5) is 4.39 Å². The van der Waals surface area contributed by atoms with Gasteiger partial charge in [-0.15, -0.1) is 0 Å². The normalized spacial score (nSPS) is 16.3. The third kappa shape index (κ3) is 6.51. The zero-order valence-electron chi connectivity index (χ0n) is 20.8. The van der Waals surface area contributed by atoms with Crippen LogP contribution in [0.1, 0.15) is 41.2 Å². The number of carboxylic acid groups (broad SMARTS) is 1. The molecule has 0 spiro atoms. The van der Waals surface area contributed by atoms with Crippen molar-refractivity contribution in [2.24, 2.45) is 0 Å². The van der Waals surface area contributed by atoms with Crippen molar-refractivity contribution in [3.8, 4) is 5.75 Å². The molecule has 1 unspecified atom stereocenters. The summed E-state index contributed by atoms with van der Waals surface area (Å²) in [6.45, 7) is 4.05. The first-order valence-corrected chi connectivity index (χ1v) is 12.3. The van der Waals surface area contributed by atoms with Crippen molar-refractivity contribution in [3.05, 3.63) is 100 Å². The Morgan fingerprint density at radius 3 is 2.56 bits per heavy atom. The number of benzene rings is 3. The Labute approximate surface area is 211 Å². The van der Waals surface area contributed by atoms with Crippen molar-refractivity contribution in [2.45, 2.75) is 51.6 Å². The third-order valence-corrected chi connectivity index (χ3v) is 6.63. The average Bonchev–Trinajstić information content (AvgIpc) is 3.16. The van der Waals surface area contributed by atoms with Gasteiger partial charge in [-0.1, -0.05) is 60.2 Å². The molecule has 0 radical (unpaired) electrons. The Balaban J connectivity index is 1.36. The minimum absolute atomic E-state index is 0.175. The van der Waals surface area contributed by atoms with E-state index >= 15 is 0 Å². The van der Waals surface area contributed by atoms with E-state index in [9.17, 15) is 19.1 Å². The molecule has 3 aromatic rings. The number of carboxylic acids is 1. The highest BCUT2D eigenvalue weighted by atomic mass is 19.1. The molecule has 0 saturated carbocycles. The van der Waals surface area contributed by atoms with Crippen LogP contribution in [0.25, 0.3) is 0 Å². The van der Waals surface area contributed by atoms with Crippen molar-refractivity contribution in [1.82, 2.24) is 4.90 Å². The highest BCUT2D eigenvalue weighted by Crippen LogP contribution is 2.38. The quantitative estimate of drug-likeness (QED) is 0.427. The van der Waals surface area contributed by atoms with Gasteiger partial charge in [-0.2, -0.15) is 0 Å². The first kappa shape index (κ1) is 25.4. The molecule has 6 heteroatoms. The van der Waals surface area contributed by atoms with E-state index in [4.69, 9.17) is 4.74 Å². The number of aryl methyl sites for hydroxylation is 2. The Kier molecular flexibility index (Phi) is 7.73. The van der Waals surface area contributed by atoms with Gasteiger partial charge in [0.15, 0.2) is 0 Å². The van der Waals surface area contributed by atoms with Crippen molar-refractivity contribution in [1.29, 1.82) is 0 Å². The fourth-order valence-corrected chi connectivity index (χ4v) is 4.87. The molecular formula is C30H32FNO4. The maximum absolute atomic E-state index is 14.2. The molecule has 0 aliphatic carbocycles. The van der Waals surface area contributed by atoms with Crippen molar-refractivity contribution in [2.75, 3.05) is 13.1 Å². The Bertz CT molecular complexity index is 1260. The molecule has 3 aromatic carbocycles.